The van der Waals surface area contributed by atoms with Gasteiger partial charge in [-0.2, -0.15) is 0 Å². The van der Waals surface area contributed by atoms with E-state index in [1.54, 1.807) is 0 Å². The molecule has 0 N–H and O–H groups in total. The third-order valence-corrected chi connectivity index (χ3v) is 4.63. The number of ketones is 2. The third-order valence-electron chi connectivity index (χ3n) is 4.63. The molecule has 8 heteroatoms. The number of carbonyl (C=O) groups excluding carboxylic acids is 4. The second-order valence-electron chi connectivity index (χ2n) is 6.81. The van der Waals surface area contributed by atoms with Gasteiger partial charge in [0.15, 0.2) is 0 Å². The van der Waals surface area contributed by atoms with E-state index < -0.39 is 5.92 Å². The molecule has 1 fully saturated rings. The Kier molecular flexibility index (Phi) is 13.7. The fourth-order valence-electron chi connectivity index (χ4n) is 3.09. The van der Waals surface area contributed by atoms with E-state index in [0.717, 1.165) is 24.0 Å². The fraction of sp³-hybridized carbons (Fsp3) is 0.524. The number of ether oxygens (including phenoxy) is 2. The molecule has 1 aromatic rings. The van der Waals surface area contributed by atoms with Gasteiger partial charge in [-0.1, -0.05) is 36.2 Å². The summed E-state index contributed by atoms with van der Waals surface area (Å²) in [4.78, 5) is 45.8. The molecule has 1 aliphatic rings. The zero-order chi connectivity index (χ0) is 20.2. The first-order valence-electron chi connectivity index (χ1n) is 9.56. The number of Topliss-reactive ketones (excluding diaryl/α,β-unsaturated/α-hetero) is 2. The zero-order valence-electron chi connectivity index (χ0n) is 16.9. The van der Waals surface area contributed by atoms with Crippen molar-refractivity contribution in [3.05, 3.63) is 40.7 Å². The summed E-state index contributed by atoms with van der Waals surface area (Å²) in [6, 6.07) is 7.34. The molecule has 1 atom stereocenters. The van der Waals surface area contributed by atoms with Crippen LogP contribution in [0, 0.1) is 5.92 Å². The van der Waals surface area contributed by atoms with Crippen LogP contribution >= 0.6 is 0 Å². The average Bonchev–Trinajstić information content (AvgIpc) is 2.70. The van der Waals surface area contributed by atoms with Crippen molar-refractivity contribution < 1.29 is 86.8 Å². The Morgan fingerprint density at radius 3 is 2.52 bits per heavy atom. The number of amides is 1. The summed E-state index contributed by atoms with van der Waals surface area (Å²) < 4.78 is 9.67. The van der Waals surface area contributed by atoms with E-state index in [1.807, 2.05) is 24.3 Å². The maximum Gasteiger partial charge on any atom is 1.00 e. The van der Waals surface area contributed by atoms with Crippen LogP contribution in [-0.4, -0.2) is 43.8 Å². The van der Waals surface area contributed by atoms with Crippen molar-refractivity contribution in [2.24, 2.45) is 5.92 Å². The zero-order valence-corrected chi connectivity index (χ0v) is 21.8. The van der Waals surface area contributed by atoms with Gasteiger partial charge in [0.05, 0.1) is 31.6 Å². The molecule has 0 spiro atoms. The molecule has 0 saturated heterocycles. The van der Waals surface area contributed by atoms with Crippen LogP contribution in [0.25, 0.3) is 5.32 Å². The average molecular weight is 474 g/mol. The summed E-state index contributed by atoms with van der Waals surface area (Å²) in [6.07, 6.45) is 3.79. The predicted molar refractivity (Wildman–Crippen MR) is 102 cm³/mol. The molecule has 0 heterocycles. The van der Waals surface area contributed by atoms with E-state index in [-0.39, 0.29) is 102 Å². The third kappa shape index (κ3) is 10.2. The second kappa shape index (κ2) is 15.1. The first-order valence-corrected chi connectivity index (χ1v) is 9.56. The van der Waals surface area contributed by atoms with Crippen LogP contribution in [0.2, 0.25) is 0 Å². The number of hydrogen-bond donors (Lipinski definition) is 0. The van der Waals surface area contributed by atoms with Gasteiger partial charge in [0.2, 0.25) is 0 Å². The Morgan fingerprint density at radius 2 is 1.83 bits per heavy atom. The smallest absolute Gasteiger partial charge is 0.648 e. The molecule has 2 rings (SSSR count). The van der Waals surface area contributed by atoms with Gasteiger partial charge in [-0.15, -0.1) is 6.54 Å². The van der Waals surface area contributed by atoms with Crippen molar-refractivity contribution in [1.82, 2.24) is 0 Å². The summed E-state index contributed by atoms with van der Waals surface area (Å²) in [5.74, 6) is -0.728. The predicted octanol–water partition coefficient (Wildman–Crippen LogP) is -0.458. The van der Waals surface area contributed by atoms with Crippen LogP contribution in [-0.2, 0) is 41.6 Å². The molecule has 1 amide bonds. The van der Waals surface area contributed by atoms with Crippen molar-refractivity contribution in [2.75, 3.05) is 19.8 Å². The second-order valence-corrected chi connectivity index (χ2v) is 6.81. The Morgan fingerprint density at radius 1 is 1.10 bits per heavy atom. The maximum absolute atomic E-state index is 12.3. The molecule has 1 aliphatic carbocycles. The Bertz CT molecular complexity index is 676. The van der Waals surface area contributed by atoms with Crippen molar-refractivity contribution in [2.45, 2.75) is 45.1 Å². The van der Waals surface area contributed by atoms with Crippen LogP contribution in [0.15, 0.2) is 24.3 Å². The van der Waals surface area contributed by atoms with E-state index >= 15 is 0 Å². The van der Waals surface area contributed by atoms with Crippen LogP contribution in [0.5, 0.6) is 0 Å². The monoisotopic (exact) mass is 473 g/mol. The van der Waals surface area contributed by atoms with E-state index in [0.29, 0.717) is 32.3 Å². The minimum atomic E-state index is -0.439. The Balaban J connectivity index is 0.00000420. The van der Waals surface area contributed by atoms with Crippen LogP contribution < -0.4 is 58.2 Å². The number of rotatable bonds is 12. The van der Waals surface area contributed by atoms with Gasteiger partial charge in [0.25, 0.3) is 6.47 Å². The molecule has 0 aromatic heterocycles. The largest absolute Gasteiger partial charge is 1.00 e. The van der Waals surface area contributed by atoms with Crippen LogP contribution in [0.4, 0.5) is 0 Å². The summed E-state index contributed by atoms with van der Waals surface area (Å²) in [5.41, 5.74) is 1.72. The molecule has 29 heavy (non-hydrogen) atoms. The number of nitrogens with zero attached hydrogens (tertiary/aromatic N) is 1. The minimum Gasteiger partial charge on any atom is -0.648 e. The van der Waals surface area contributed by atoms with E-state index in [1.165, 1.54) is 0 Å². The molecule has 7 nitrogen and oxygen atoms in total. The normalized spacial score (nSPS) is 15.9. The molecule has 0 radical (unpaired) electrons. The van der Waals surface area contributed by atoms with Gasteiger partial charge >= 0.3 is 58.2 Å². The van der Waals surface area contributed by atoms with E-state index in [4.69, 9.17) is 4.74 Å². The number of carbonyl (C=O) groups is 4. The fourth-order valence-corrected chi connectivity index (χ4v) is 3.09. The van der Waals surface area contributed by atoms with Gasteiger partial charge < -0.3 is 19.6 Å². The van der Waals surface area contributed by atoms with Gasteiger partial charge in [-0.25, -0.2) is 0 Å². The Labute approximate surface area is 220 Å². The molecule has 0 aliphatic heterocycles. The quantitative estimate of drug-likeness (QED) is 0.231. The summed E-state index contributed by atoms with van der Waals surface area (Å²) >= 11 is 0. The molecular weight excluding hydrogens is 448 g/mol. The summed E-state index contributed by atoms with van der Waals surface area (Å²) in [6.45, 7) is 1.09. The van der Waals surface area contributed by atoms with E-state index in [2.05, 4.69) is 10.1 Å². The number of benzene rings is 1. The maximum atomic E-state index is 12.3. The first kappa shape index (κ1) is 26.3. The van der Waals surface area contributed by atoms with Crippen molar-refractivity contribution >= 4 is 23.9 Å². The Hall–Kier alpha value is -0.735. The standard InChI is InChI=1S/C21H27NO6.Rb/c23-15-28-11-3-10-27-14-21(26)22-13-17-8-6-16(7-9-17)12-20(25)18-4-1-2-5-19(18)24;/h6-9,15,18H,1-5,10-14H2,(H,22,26);/q;+1/p-1. The van der Waals surface area contributed by atoms with Gasteiger partial charge in [-0.05, 0) is 18.4 Å². The first-order chi connectivity index (χ1) is 13.6. The molecule has 1 saturated carbocycles. The molecule has 1 unspecified atom stereocenters. The molecule has 152 valence electrons. The SMILES string of the molecule is O=COCCCOCC(=O)[N-]Cc1ccc(CC(=O)C2CCCCC2=O)cc1.[Rb+]. The van der Waals surface area contributed by atoms with Gasteiger partial charge in [0, 0.05) is 19.3 Å². The minimum absolute atomic E-state index is 0. The van der Waals surface area contributed by atoms with E-state index in [9.17, 15) is 19.2 Å². The van der Waals surface area contributed by atoms with Crippen molar-refractivity contribution in [3.8, 4) is 0 Å². The van der Waals surface area contributed by atoms with Crippen molar-refractivity contribution in [3.63, 3.8) is 0 Å². The van der Waals surface area contributed by atoms with Crippen LogP contribution in [0.3, 0.4) is 0 Å². The van der Waals surface area contributed by atoms with Crippen molar-refractivity contribution in [1.29, 1.82) is 0 Å². The summed E-state index contributed by atoms with van der Waals surface area (Å²) in [7, 11) is 0. The topological polar surface area (TPSA) is 101 Å². The number of hydrogen-bond acceptors (Lipinski definition) is 6. The summed E-state index contributed by atoms with van der Waals surface area (Å²) in [5, 5.41) is 3.94. The van der Waals surface area contributed by atoms with Gasteiger partial charge in [-0.3, -0.25) is 14.4 Å². The molecule has 1 aromatic carbocycles. The van der Waals surface area contributed by atoms with Crippen LogP contribution in [0.1, 0.15) is 43.2 Å². The molecule has 0 bridgehead atoms. The molecular formula is C21H26NO6Rb. The van der Waals surface area contributed by atoms with Gasteiger partial charge in [0.1, 0.15) is 11.6 Å².